The van der Waals surface area contributed by atoms with E-state index in [4.69, 9.17) is 9.47 Å². The van der Waals surface area contributed by atoms with Gasteiger partial charge in [-0.25, -0.2) is 0 Å². The summed E-state index contributed by atoms with van der Waals surface area (Å²) in [7, 11) is 1.77. The number of fused-ring (bicyclic) bond motifs is 1. The van der Waals surface area contributed by atoms with E-state index in [-0.39, 0.29) is 6.17 Å². The predicted molar refractivity (Wildman–Crippen MR) is 123 cm³/mol. The second-order valence-electron chi connectivity index (χ2n) is 8.88. The smallest absolute Gasteiger partial charge is 0.130 e. The lowest BCUT2D eigenvalue weighted by molar-refractivity contribution is 0.190. The number of hydrogen-bond donors (Lipinski definition) is 4. The molecule has 1 fully saturated rings. The van der Waals surface area contributed by atoms with E-state index in [0.29, 0.717) is 12.1 Å². The SMILES string of the molecule is COCCCNC1CC(C)NC(Nc2cc3c(c(C4=CCNCCC4)c2)OCC3)C1. The minimum Gasteiger partial charge on any atom is -0.492 e. The van der Waals surface area contributed by atoms with E-state index < -0.39 is 0 Å². The third kappa shape index (κ3) is 5.55. The maximum absolute atomic E-state index is 6.04. The molecule has 1 aromatic carbocycles. The second kappa shape index (κ2) is 10.6. The van der Waals surface area contributed by atoms with Crippen LogP contribution in [0.4, 0.5) is 5.69 Å². The molecule has 6 heteroatoms. The molecule has 0 aliphatic carbocycles. The third-order valence-corrected chi connectivity index (χ3v) is 6.37. The van der Waals surface area contributed by atoms with Crippen LogP contribution in [-0.2, 0) is 11.2 Å². The van der Waals surface area contributed by atoms with Crippen molar-refractivity contribution in [3.63, 3.8) is 0 Å². The lowest BCUT2D eigenvalue weighted by Gasteiger charge is -2.36. The van der Waals surface area contributed by atoms with Crippen molar-refractivity contribution in [1.82, 2.24) is 16.0 Å². The van der Waals surface area contributed by atoms with E-state index in [1.165, 1.54) is 28.8 Å². The summed E-state index contributed by atoms with van der Waals surface area (Å²) in [5.41, 5.74) is 5.25. The number of rotatable bonds is 8. The molecule has 6 nitrogen and oxygen atoms in total. The number of anilines is 1. The van der Waals surface area contributed by atoms with Crippen molar-refractivity contribution >= 4 is 11.3 Å². The standard InChI is InChI=1S/C24H38N4O2/c1-17-13-20(26-9-4-11-29-2)16-23(27-17)28-21-14-19-7-12-30-24(19)22(15-21)18-5-3-8-25-10-6-18/h6,14-15,17,20,23,25-28H,3-5,7-13,16H2,1-2H3. The van der Waals surface area contributed by atoms with Crippen LogP contribution in [0.5, 0.6) is 5.75 Å². The van der Waals surface area contributed by atoms with E-state index in [1.807, 2.05) is 0 Å². The van der Waals surface area contributed by atoms with Crippen LogP contribution in [-0.4, -0.2) is 58.2 Å². The number of ether oxygens (including phenoxy) is 2. The third-order valence-electron chi connectivity index (χ3n) is 6.37. The minimum atomic E-state index is 0.270. The molecule has 0 saturated carbocycles. The van der Waals surface area contributed by atoms with Gasteiger partial charge >= 0.3 is 0 Å². The summed E-state index contributed by atoms with van der Waals surface area (Å²) in [6.07, 6.45) is 9.20. The van der Waals surface area contributed by atoms with Gasteiger partial charge in [0.1, 0.15) is 5.75 Å². The largest absolute Gasteiger partial charge is 0.492 e. The Morgan fingerprint density at radius 1 is 1.23 bits per heavy atom. The second-order valence-corrected chi connectivity index (χ2v) is 8.88. The van der Waals surface area contributed by atoms with Gasteiger partial charge in [-0.15, -0.1) is 0 Å². The first-order chi connectivity index (χ1) is 14.7. The zero-order chi connectivity index (χ0) is 20.8. The predicted octanol–water partition coefficient (Wildman–Crippen LogP) is 2.89. The van der Waals surface area contributed by atoms with Crippen LogP contribution < -0.4 is 26.0 Å². The number of methoxy groups -OCH3 is 1. The quantitative estimate of drug-likeness (QED) is 0.491. The summed E-state index contributed by atoms with van der Waals surface area (Å²) in [6, 6.07) is 5.62. The first-order valence-electron chi connectivity index (χ1n) is 11.7. The van der Waals surface area contributed by atoms with Gasteiger partial charge in [-0.3, -0.25) is 5.32 Å². The van der Waals surface area contributed by atoms with Crippen molar-refractivity contribution in [1.29, 1.82) is 0 Å². The molecular formula is C24H38N4O2. The van der Waals surface area contributed by atoms with Crippen LogP contribution in [0, 0.1) is 0 Å². The molecule has 30 heavy (non-hydrogen) atoms. The lowest BCUT2D eigenvalue weighted by Crippen LogP contribution is -2.53. The molecule has 166 valence electrons. The van der Waals surface area contributed by atoms with E-state index in [0.717, 1.165) is 70.7 Å². The Morgan fingerprint density at radius 2 is 2.17 bits per heavy atom. The van der Waals surface area contributed by atoms with Crippen LogP contribution in [0.2, 0.25) is 0 Å². The Hall–Kier alpha value is -1.60. The fourth-order valence-electron chi connectivity index (χ4n) is 4.96. The highest BCUT2D eigenvalue weighted by atomic mass is 16.5. The number of benzene rings is 1. The van der Waals surface area contributed by atoms with E-state index in [1.54, 1.807) is 7.11 Å². The summed E-state index contributed by atoms with van der Waals surface area (Å²) >= 11 is 0. The Bertz CT molecular complexity index is 736. The summed E-state index contributed by atoms with van der Waals surface area (Å²) in [4.78, 5) is 0. The average Bonchev–Trinajstić information content (AvgIpc) is 3.03. The highest BCUT2D eigenvalue weighted by molar-refractivity contribution is 5.76. The molecule has 4 rings (SSSR count). The van der Waals surface area contributed by atoms with Crippen molar-refractivity contribution in [2.24, 2.45) is 0 Å². The molecule has 3 heterocycles. The van der Waals surface area contributed by atoms with Crippen LogP contribution in [0.3, 0.4) is 0 Å². The van der Waals surface area contributed by atoms with Gasteiger partial charge < -0.3 is 25.4 Å². The number of piperidine rings is 1. The normalized spacial score (nSPS) is 26.5. The molecule has 1 aromatic rings. The van der Waals surface area contributed by atoms with E-state index in [9.17, 15) is 0 Å². The van der Waals surface area contributed by atoms with Crippen LogP contribution in [0.15, 0.2) is 18.2 Å². The van der Waals surface area contributed by atoms with Gasteiger partial charge in [-0.2, -0.15) is 0 Å². The summed E-state index contributed by atoms with van der Waals surface area (Å²) in [5.74, 6) is 1.11. The molecule has 4 N–H and O–H groups in total. The Labute approximate surface area is 181 Å². The fraction of sp³-hybridized carbons (Fsp3) is 0.667. The van der Waals surface area contributed by atoms with Gasteiger partial charge in [-0.05, 0) is 69.8 Å². The molecule has 3 unspecified atom stereocenters. The number of nitrogens with one attached hydrogen (secondary N) is 4. The zero-order valence-corrected chi connectivity index (χ0v) is 18.6. The van der Waals surface area contributed by atoms with Crippen molar-refractivity contribution in [3.05, 3.63) is 29.3 Å². The van der Waals surface area contributed by atoms with E-state index >= 15 is 0 Å². The molecule has 0 amide bonds. The van der Waals surface area contributed by atoms with Crippen molar-refractivity contribution in [2.75, 3.05) is 45.3 Å². The minimum absolute atomic E-state index is 0.270. The maximum Gasteiger partial charge on any atom is 0.130 e. The Morgan fingerprint density at radius 3 is 3.07 bits per heavy atom. The fourth-order valence-corrected chi connectivity index (χ4v) is 4.96. The lowest BCUT2D eigenvalue weighted by atomic mass is 9.95. The topological polar surface area (TPSA) is 66.6 Å². The molecule has 3 atom stereocenters. The van der Waals surface area contributed by atoms with Gasteiger partial charge in [0.05, 0.1) is 12.8 Å². The molecule has 3 aliphatic heterocycles. The molecule has 0 aromatic heterocycles. The van der Waals surface area contributed by atoms with Crippen LogP contribution >= 0.6 is 0 Å². The summed E-state index contributed by atoms with van der Waals surface area (Å²) in [5, 5.41) is 14.7. The Kier molecular flexibility index (Phi) is 7.66. The van der Waals surface area contributed by atoms with Crippen molar-refractivity contribution < 1.29 is 9.47 Å². The van der Waals surface area contributed by atoms with Crippen molar-refractivity contribution in [2.45, 2.75) is 63.7 Å². The van der Waals surface area contributed by atoms with Gasteiger partial charge in [0.25, 0.3) is 0 Å². The highest BCUT2D eigenvalue weighted by Gasteiger charge is 2.27. The van der Waals surface area contributed by atoms with E-state index in [2.05, 4.69) is 46.4 Å². The molecule has 0 spiro atoms. The summed E-state index contributed by atoms with van der Waals surface area (Å²) in [6.45, 7) is 6.94. The van der Waals surface area contributed by atoms with Gasteiger partial charge in [0.2, 0.25) is 0 Å². The van der Waals surface area contributed by atoms with Gasteiger partial charge in [0.15, 0.2) is 0 Å². The van der Waals surface area contributed by atoms with Crippen LogP contribution in [0.1, 0.15) is 50.2 Å². The number of allylic oxidation sites excluding steroid dienone is 1. The molecular weight excluding hydrogens is 376 g/mol. The molecule has 0 bridgehead atoms. The Balaban J connectivity index is 1.46. The molecule has 1 saturated heterocycles. The first kappa shape index (κ1) is 21.6. The average molecular weight is 415 g/mol. The molecule has 0 radical (unpaired) electrons. The monoisotopic (exact) mass is 414 g/mol. The molecule has 3 aliphatic rings. The maximum atomic E-state index is 6.04. The summed E-state index contributed by atoms with van der Waals surface area (Å²) < 4.78 is 11.2. The van der Waals surface area contributed by atoms with Gasteiger partial charge in [0, 0.05) is 55.6 Å². The highest BCUT2D eigenvalue weighted by Crippen LogP contribution is 2.39. The number of hydrogen-bond acceptors (Lipinski definition) is 6. The van der Waals surface area contributed by atoms with Gasteiger partial charge in [-0.1, -0.05) is 6.08 Å². The first-order valence-corrected chi connectivity index (χ1v) is 11.7. The van der Waals surface area contributed by atoms with Crippen molar-refractivity contribution in [3.8, 4) is 5.75 Å². The van der Waals surface area contributed by atoms with Crippen LogP contribution in [0.25, 0.3) is 5.57 Å². The zero-order valence-electron chi connectivity index (χ0n) is 18.6.